The van der Waals surface area contributed by atoms with Crippen LogP contribution in [0, 0.1) is 5.82 Å². The van der Waals surface area contributed by atoms with Gasteiger partial charge in [-0.25, -0.2) is 4.39 Å². The van der Waals surface area contributed by atoms with E-state index in [1.807, 2.05) is 18.3 Å². The molecule has 1 aliphatic carbocycles. The van der Waals surface area contributed by atoms with E-state index in [0.717, 1.165) is 22.5 Å². The van der Waals surface area contributed by atoms with Gasteiger partial charge in [0.05, 0.1) is 5.57 Å². The van der Waals surface area contributed by atoms with E-state index in [1.165, 1.54) is 6.07 Å². The molecular formula is C16H15FN2O. The second kappa shape index (κ2) is 4.34. The summed E-state index contributed by atoms with van der Waals surface area (Å²) >= 11 is 0. The van der Waals surface area contributed by atoms with E-state index in [4.69, 9.17) is 0 Å². The number of allylic oxidation sites excluding steroid dienone is 1. The van der Waals surface area contributed by atoms with Crippen LogP contribution in [0.5, 0.6) is 0 Å². The Hall–Kier alpha value is -2.36. The highest BCUT2D eigenvalue weighted by Gasteiger charge is 2.34. The maximum atomic E-state index is 13.9. The molecule has 2 aliphatic rings. The lowest BCUT2D eigenvalue weighted by Gasteiger charge is -2.18. The van der Waals surface area contributed by atoms with Gasteiger partial charge in [0.25, 0.3) is 5.91 Å². The molecule has 20 heavy (non-hydrogen) atoms. The van der Waals surface area contributed by atoms with Crippen LogP contribution in [0.25, 0.3) is 11.1 Å². The number of hydrogen-bond acceptors (Lipinski definition) is 1. The third kappa shape index (κ3) is 1.54. The fourth-order valence-corrected chi connectivity index (χ4v) is 3.01. The Kier molecular flexibility index (Phi) is 2.74. The molecule has 0 radical (unpaired) electrons. The molecule has 0 atom stereocenters. The number of aromatic amines is 1. The van der Waals surface area contributed by atoms with Gasteiger partial charge >= 0.3 is 0 Å². The molecule has 2 aromatic rings. The Morgan fingerprint density at radius 3 is 2.75 bits per heavy atom. The number of hydrogen-bond donors (Lipinski definition) is 2. The lowest BCUT2D eigenvalue weighted by molar-refractivity contribution is -0.110. The van der Waals surface area contributed by atoms with Gasteiger partial charge in [0, 0.05) is 23.1 Å². The Balaban J connectivity index is 0.00000121. The van der Waals surface area contributed by atoms with Gasteiger partial charge < -0.3 is 10.3 Å². The number of carbonyl (C=O) groups is 1. The summed E-state index contributed by atoms with van der Waals surface area (Å²) in [5, 5.41) is 2.82. The number of carbonyl (C=O) groups excluding carboxylic acids is 1. The Labute approximate surface area is 116 Å². The largest absolute Gasteiger partial charge is 0.361 e. The lowest BCUT2D eigenvalue weighted by atomic mass is 9.84. The average Bonchev–Trinajstić information content (AvgIpc) is 3.04. The van der Waals surface area contributed by atoms with E-state index in [1.54, 1.807) is 6.07 Å². The summed E-state index contributed by atoms with van der Waals surface area (Å²) < 4.78 is 13.9. The van der Waals surface area contributed by atoms with Gasteiger partial charge in [0.2, 0.25) is 0 Å². The van der Waals surface area contributed by atoms with Crippen LogP contribution in [-0.2, 0) is 11.2 Å². The first-order valence-corrected chi connectivity index (χ1v) is 6.25. The van der Waals surface area contributed by atoms with E-state index < -0.39 is 0 Å². The molecule has 0 saturated carbocycles. The minimum absolute atomic E-state index is 0. The van der Waals surface area contributed by atoms with Gasteiger partial charge in [-0.05, 0) is 48.2 Å². The van der Waals surface area contributed by atoms with Crippen molar-refractivity contribution in [1.82, 2.24) is 4.98 Å². The zero-order chi connectivity index (χ0) is 13.0. The average molecular weight is 270 g/mol. The van der Waals surface area contributed by atoms with Crippen molar-refractivity contribution in [1.29, 1.82) is 0 Å². The molecule has 102 valence electrons. The van der Waals surface area contributed by atoms with Crippen LogP contribution in [0.4, 0.5) is 10.1 Å². The SMILES string of the molecule is C.O=C1Nc2ccc(F)c3c2C1=C(c1ccc[nH]1)CC3. The monoisotopic (exact) mass is 270 g/mol. The van der Waals surface area contributed by atoms with E-state index >= 15 is 0 Å². The number of rotatable bonds is 1. The van der Waals surface area contributed by atoms with Crippen molar-refractivity contribution in [2.24, 2.45) is 0 Å². The number of aromatic nitrogens is 1. The maximum absolute atomic E-state index is 13.9. The van der Waals surface area contributed by atoms with Crippen molar-refractivity contribution >= 4 is 22.7 Å². The summed E-state index contributed by atoms with van der Waals surface area (Å²) in [6.07, 6.45) is 3.14. The summed E-state index contributed by atoms with van der Waals surface area (Å²) in [7, 11) is 0. The molecule has 2 heterocycles. The van der Waals surface area contributed by atoms with Crippen molar-refractivity contribution in [2.45, 2.75) is 20.3 Å². The molecule has 4 rings (SSSR count). The van der Waals surface area contributed by atoms with Gasteiger partial charge in [0.15, 0.2) is 0 Å². The molecule has 3 nitrogen and oxygen atoms in total. The van der Waals surface area contributed by atoms with Crippen LogP contribution < -0.4 is 5.32 Å². The molecule has 4 heteroatoms. The Morgan fingerprint density at radius 1 is 1.15 bits per heavy atom. The third-order valence-corrected chi connectivity index (χ3v) is 3.83. The van der Waals surface area contributed by atoms with E-state index in [0.29, 0.717) is 24.0 Å². The van der Waals surface area contributed by atoms with Crippen molar-refractivity contribution in [3.63, 3.8) is 0 Å². The van der Waals surface area contributed by atoms with E-state index in [2.05, 4.69) is 10.3 Å². The number of nitrogens with one attached hydrogen (secondary N) is 2. The molecule has 1 amide bonds. The van der Waals surface area contributed by atoms with Gasteiger partial charge in [-0.2, -0.15) is 0 Å². The Morgan fingerprint density at radius 2 is 2.00 bits per heavy atom. The van der Waals surface area contributed by atoms with E-state index in [-0.39, 0.29) is 19.2 Å². The van der Waals surface area contributed by atoms with Crippen LogP contribution in [0.2, 0.25) is 0 Å². The second-order valence-corrected chi connectivity index (χ2v) is 4.84. The van der Waals surface area contributed by atoms with Crippen LogP contribution in [0.15, 0.2) is 30.5 Å². The zero-order valence-corrected chi connectivity index (χ0v) is 10.1. The molecule has 2 N–H and O–H groups in total. The van der Waals surface area contributed by atoms with Crippen LogP contribution in [-0.4, -0.2) is 10.9 Å². The first-order valence-electron chi connectivity index (χ1n) is 6.25. The fourth-order valence-electron chi connectivity index (χ4n) is 3.01. The minimum Gasteiger partial charge on any atom is -0.361 e. The smallest absolute Gasteiger partial charge is 0.256 e. The standard InChI is InChI=1S/C15H11FN2O.CH4/c16-10-5-6-12-13-8(10)3-4-9(11-2-1-7-17-11)14(13)15(19)18-12;/h1-2,5-7,17H,3-4H2,(H,18,19);1H4. The Bertz CT molecular complexity index is 729. The molecule has 0 bridgehead atoms. The number of anilines is 1. The van der Waals surface area contributed by atoms with Gasteiger partial charge in [-0.15, -0.1) is 0 Å². The second-order valence-electron chi connectivity index (χ2n) is 4.84. The molecule has 0 unspecified atom stereocenters. The van der Waals surface area contributed by atoms with Gasteiger partial charge in [0.1, 0.15) is 5.82 Å². The quantitative estimate of drug-likeness (QED) is 0.817. The highest BCUT2D eigenvalue weighted by atomic mass is 19.1. The summed E-state index contributed by atoms with van der Waals surface area (Å²) in [5.74, 6) is -0.357. The van der Waals surface area contributed by atoms with E-state index in [9.17, 15) is 9.18 Å². The zero-order valence-electron chi connectivity index (χ0n) is 10.1. The lowest BCUT2D eigenvalue weighted by Crippen LogP contribution is -2.10. The van der Waals surface area contributed by atoms with Gasteiger partial charge in [-0.3, -0.25) is 4.79 Å². The maximum Gasteiger partial charge on any atom is 0.256 e. The molecule has 0 spiro atoms. The van der Waals surface area contributed by atoms with Crippen molar-refractivity contribution in [3.8, 4) is 0 Å². The van der Waals surface area contributed by atoms with Crippen molar-refractivity contribution in [3.05, 3.63) is 53.1 Å². The molecule has 0 fully saturated rings. The van der Waals surface area contributed by atoms with Crippen LogP contribution in [0.3, 0.4) is 0 Å². The highest BCUT2D eigenvalue weighted by molar-refractivity contribution is 6.37. The van der Waals surface area contributed by atoms with Crippen molar-refractivity contribution < 1.29 is 9.18 Å². The molecule has 1 aromatic heterocycles. The summed E-state index contributed by atoms with van der Waals surface area (Å²) in [4.78, 5) is 15.3. The summed E-state index contributed by atoms with van der Waals surface area (Å²) in [5.41, 5.74) is 4.66. The fraction of sp³-hybridized carbons (Fsp3) is 0.188. The molecule has 0 saturated heterocycles. The number of benzene rings is 1. The van der Waals surface area contributed by atoms with Gasteiger partial charge in [-0.1, -0.05) is 7.43 Å². The predicted octanol–water partition coefficient (Wildman–Crippen LogP) is 3.60. The third-order valence-electron chi connectivity index (χ3n) is 3.83. The minimum atomic E-state index is -0.224. The molecule has 1 aromatic carbocycles. The van der Waals surface area contributed by atoms with Crippen LogP contribution in [0.1, 0.15) is 30.7 Å². The summed E-state index contributed by atoms with van der Waals surface area (Å²) in [6, 6.07) is 6.91. The highest BCUT2D eigenvalue weighted by Crippen LogP contribution is 2.44. The first-order chi connectivity index (χ1) is 9.25. The normalized spacial score (nSPS) is 15.8. The summed E-state index contributed by atoms with van der Waals surface area (Å²) in [6.45, 7) is 0. The van der Waals surface area contributed by atoms with Crippen molar-refractivity contribution in [2.75, 3.05) is 5.32 Å². The number of halogens is 1. The number of amides is 1. The number of H-pyrrole nitrogens is 1. The van der Waals surface area contributed by atoms with Crippen LogP contribution >= 0.6 is 0 Å². The predicted molar refractivity (Wildman–Crippen MR) is 77.7 cm³/mol. The topological polar surface area (TPSA) is 44.9 Å². The molecular weight excluding hydrogens is 255 g/mol. The first kappa shape index (κ1) is 12.7. The molecule has 1 aliphatic heterocycles.